The number of aliphatic hydroxyl groups is 2. The van der Waals surface area contributed by atoms with Crippen LogP contribution in [0.15, 0.2) is 45.0 Å². The minimum atomic E-state index is -3.73. The van der Waals surface area contributed by atoms with Crippen molar-refractivity contribution in [2.75, 3.05) is 19.7 Å². The minimum Gasteiger partial charge on any atom is -0.393 e. The molecule has 2 heterocycles. The normalized spacial score (nSPS) is 41.6. The summed E-state index contributed by atoms with van der Waals surface area (Å²) < 4.78 is 35.2. The summed E-state index contributed by atoms with van der Waals surface area (Å²) >= 11 is 1.23. The molecule has 4 fully saturated rings. The molecular weight excluding hydrogens is 506 g/mol. The number of rotatable bonds is 6. The number of nitrogens with zero attached hydrogens (tertiary/aromatic N) is 1. The van der Waals surface area contributed by atoms with Crippen LogP contribution in [0.4, 0.5) is 0 Å². The highest BCUT2D eigenvalue weighted by Crippen LogP contribution is 2.66. The van der Waals surface area contributed by atoms with Crippen LogP contribution in [0.2, 0.25) is 0 Å². The van der Waals surface area contributed by atoms with Crippen LogP contribution in [0.1, 0.15) is 71.6 Å². The molecule has 0 unspecified atom stereocenters. The summed E-state index contributed by atoms with van der Waals surface area (Å²) in [5, 5.41) is 24.4. The number of aliphatic hydroxyl groups excluding tert-OH is 1. The highest BCUT2D eigenvalue weighted by atomic mass is 32.2. The third-order valence-corrected chi connectivity index (χ3v) is 14.0. The molecule has 204 valence electrons. The van der Waals surface area contributed by atoms with E-state index in [1.165, 1.54) is 26.8 Å². The highest BCUT2D eigenvalue weighted by molar-refractivity contribution is 7.91. The third kappa shape index (κ3) is 4.13. The Labute approximate surface area is 225 Å². The maximum atomic E-state index is 13.8. The lowest BCUT2D eigenvalue weighted by Gasteiger charge is -2.56. The third-order valence-electron chi connectivity index (χ3n) is 10.8. The number of sulfonamides is 1. The quantitative estimate of drug-likeness (QED) is 0.530. The summed E-state index contributed by atoms with van der Waals surface area (Å²) in [6.07, 6.45) is 12.0. The Hall–Kier alpha value is -1.03. The molecule has 6 nitrogen and oxygen atoms in total. The second-order valence-electron chi connectivity index (χ2n) is 12.7. The van der Waals surface area contributed by atoms with Gasteiger partial charge in [0.25, 0.3) is 10.0 Å². The minimum absolute atomic E-state index is 0.0830. The van der Waals surface area contributed by atoms with Crippen molar-refractivity contribution in [3.8, 4) is 0 Å². The van der Waals surface area contributed by atoms with Crippen molar-refractivity contribution >= 4 is 21.4 Å². The lowest BCUT2D eigenvalue weighted by Crippen LogP contribution is -2.57. The van der Waals surface area contributed by atoms with Crippen molar-refractivity contribution in [3.63, 3.8) is 0 Å². The van der Waals surface area contributed by atoms with Crippen molar-refractivity contribution in [2.45, 2.75) is 93.7 Å². The molecule has 1 aliphatic heterocycles. The van der Waals surface area contributed by atoms with Gasteiger partial charge in [-0.25, -0.2) is 8.42 Å². The number of fused-ring (bicyclic) bond motifs is 5. The topological polar surface area (TPSA) is 87.1 Å². The van der Waals surface area contributed by atoms with Gasteiger partial charge in [0.15, 0.2) is 0 Å². The Morgan fingerprint density at radius 3 is 2.65 bits per heavy atom. The van der Waals surface area contributed by atoms with Gasteiger partial charge in [0, 0.05) is 25.1 Å². The van der Waals surface area contributed by atoms with E-state index in [-0.39, 0.29) is 35.5 Å². The molecule has 0 spiro atoms. The van der Waals surface area contributed by atoms with Gasteiger partial charge >= 0.3 is 0 Å². The van der Waals surface area contributed by atoms with Crippen molar-refractivity contribution in [1.82, 2.24) is 4.31 Å². The standard InChI is InChI=1S/C29H41NO5S2/c1-27-12-9-21(31)17-20(27)7-8-23-24(27)10-13-28(2)25(23)11-14-29(28,32)19-30(18-22-5-3-15-35-22)37(33,34)26-6-4-16-36-26/h4,6-8,16,21-22,24-25,31-32H,3,5,9-15,17-19H2,1-2H3/t21-,22+,24-,25-,27-,28-,29+/m0/s1. The van der Waals surface area contributed by atoms with Gasteiger partial charge < -0.3 is 14.9 Å². The smallest absolute Gasteiger partial charge is 0.252 e. The summed E-state index contributed by atoms with van der Waals surface area (Å²) in [5.74, 6) is 0.685. The lowest BCUT2D eigenvalue weighted by atomic mass is 9.50. The summed E-state index contributed by atoms with van der Waals surface area (Å²) in [4.78, 5) is 0. The average Bonchev–Trinajstić information content (AvgIpc) is 3.62. The first-order chi connectivity index (χ1) is 17.6. The number of hydrogen-bond acceptors (Lipinski definition) is 6. The Morgan fingerprint density at radius 2 is 1.92 bits per heavy atom. The van der Waals surface area contributed by atoms with E-state index in [2.05, 4.69) is 26.0 Å². The van der Waals surface area contributed by atoms with Gasteiger partial charge in [-0.1, -0.05) is 43.2 Å². The monoisotopic (exact) mass is 547 g/mol. The van der Waals surface area contributed by atoms with Crippen LogP contribution < -0.4 is 0 Å². The van der Waals surface area contributed by atoms with Crippen LogP contribution in [0.3, 0.4) is 0 Å². The molecule has 2 N–H and O–H groups in total. The molecular formula is C29H41NO5S2. The molecule has 7 atom stereocenters. The SMILES string of the molecule is C[C@]12CC[C@H](O)CC1=CC=C1[C@@H]2CC[C@@]2(C)[C@H]1CC[C@@]2(O)CN(C[C@H]1CCCO1)S(=O)(=O)c1cccs1. The van der Waals surface area contributed by atoms with Gasteiger partial charge in [-0.15, -0.1) is 11.3 Å². The van der Waals surface area contributed by atoms with Crippen LogP contribution in [0, 0.1) is 22.7 Å². The van der Waals surface area contributed by atoms with Crippen LogP contribution >= 0.6 is 11.3 Å². The molecule has 6 rings (SSSR count). The molecule has 8 heteroatoms. The molecule has 1 aromatic heterocycles. The first-order valence-corrected chi connectivity index (χ1v) is 16.4. The maximum Gasteiger partial charge on any atom is 0.252 e. The molecule has 0 bridgehead atoms. The van der Waals surface area contributed by atoms with Crippen LogP contribution in [0.25, 0.3) is 0 Å². The van der Waals surface area contributed by atoms with E-state index in [1.54, 1.807) is 17.5 Å². The Kier molecular flexibility index (Phi) is 6.57. The zero-order chi connectivity index (χ0) is 26.1. The van der Waals surface area contributed by atoms with Gasteiger partial charge in [0.1, 0.15) is 4.21 Å². The van der Waals surface area contributed by atoms with Gasteiger partial charge in [-0.3, -0.25) is 0 Å². The molecule has 0 aromatic carbocycles. The van der Waals surface area contributed by atoms with E-state index < -0.39 is 15.6 Å². The molecule has 37 heavy (non-hydrogen) atoms. The van der Waals surface area contributed by atoms with Gasteiger partial charge in [-0.2, -0.15) is 4.31 Å². The highest BCUT2D eigenvalue weighted by Gasteiger charge is 2.62. The fourth-order valence-electron chi connectivity index (χ4n) is 8.45. The van der Waals surface area contributed by atoms with Crippen molar-refractivity contribution in [3.05, 3.63) is 40.8 Å². The summed E-state index contributed by atoms with van der Waals surface area (Å²) in [7, 11) is -3.73. The number of ether oxygens (including phenoxy) is 1. The van der Waals surface area contributed by atoms with Gasteiger partial charge in [0.2, 0.25) is 0 Å². The Morgan fingerprint density at radius 1 is 1.11 bits per heavy atom. The molecule has 4 aliphatic carbocycles. The Bertz CT molecular complexity index is 1190. The summed E-state index contributed by atoms with van der Waals surface area (Å²) in [6.45, 7) is 5.66. The average molecular weight is 548 g/mol. The van der Waals surface area contributed by atoms with E-state index in [4.69, 9.17) is 4.74 Å². The van der Waals surface area contributed by atoms with E-state index in [1.807, 2.05) is 0 Å². The van der Waals surface area contributed by atoms with E-state index >= 15 is 0 Å². The lowest BCUT2D eigenvalue weighted by molar-refractivity contribution is -0.0949. The predicted molar refractivity (Wildman–Crippen MR) is 145 cm³/mol. The Balaban J connectivity index is 1.31. The van der Waals surface area contributed by atoms with E-state index in [0.717, 1.165) is 51.4 Å². The number of allylic oxidation sites excluding steroid dienone is 3. The van der Waals surface area contributed by atoms with E-state index in [9.17, 15) is 18.6 Å². The second-order valence-corrected chi connectivity index (χ2v) is 15.8. The van der Waals surface area contributed by atoms with Crippen molar-refractivity contribution in [1.29, 1.82) is 0 Å². The fraction of sp³-hybridized carbons (Fsp3) is 0.724. The van der Waals surface area contributed by atoms with Crippen LogP contribution in [-0.4, -0.2) is 60.4 Å². The van der Waals surface area contributed by atoms with Gasteiger partial charge in [0.05, 0.1) is 17.8 Å². The molecule has 3 saturated carbocycles. The number of hydrogen-bond donors (Lipinski definition) is 2. The largest absolute Gasteiger partial charge is 0.393 e. The fourth-order valence-corrected chi connectivity index (χ4v) is 11.1. The molecule has 0 amide bonds. The predicted octanol–water partition coefficient (Wildman–Crippen LogP) is 4.89. The molecule has 5 aliphatic rings. The van der Waals surface area contributed by atoms with E-state index in [0.29, 0.717) is 29.7 Å². The first-order valence-electron chi connectivity index (χ1n) is 14.0. The van der Waals surface area contributed by atoms with Crippen LogP contribution in [0.5, 0.6) is 0 Å². The second kappa shape index (κ2) is 9.27. The summed E-state index contributed by atoms with van der Waals surface area (Å²) in [5.41, 5.74) is 1.42. The molecule has 0 radical (unpaired) electrons. The van der Waals surface area contributed by atoms with Gasteiger partial charge in [-0.05, 0) is 86.5 Å². The zero-order valence-electron chi connectivity index (χ0n) is 22.1. The first kappa shape index (κ1) is 26.2. The number of thiophene rings is 1. The molecule has 1 aromatic rings. The maximum absolute atomic E-state index is 13.8. The zero-order valence-corrected chi connectivity index (χ0v) is 23.7. The van der Waals surface area contributed by atoms with Crippen molar-refractivity contribution in [2.24, 2.45) is 22.7 Å². The molecule has 1 saturated heterocycles. The van der Waals surface area contributed by atoms with Crippen molar-refractivity contribution < 1.29 is 23.4 Å². The van der Waals surface area contributed by atoms with Crippen LogP contribution in [-0.2, 0) is 14.8 Å². The summed E-state index contributed by atoms with van der Waals surface area (Å²) in [6, 6.07) is 3.43.